The fourth-order valence-corrected chi connectivity index (χ4v) is 1.14. The minimum Gasteiger partial charge on any atom is -0.430 e. The van der Waals surface area contributed by atoms with Crippen LogP contribution >= 0.6 is 0 Å². The molecular formula is C12H12N2O4. The SMILES string of the molecule is C#CC(C)(C)OC(=O)Nc1ccccc1[N+](=O)[O-]. The highest BCUT2D eigenvalue weighted by molar-refractivity contribution is 5.88. The van der Waals surface area contributed by atoms with E-state index in [9.17, 15) is 14.9 Å². The van der Waals surface area contributed by atoms with Crippen LogP contribution < -0.4 is 5.32 Å². The van der Waals surface area contributed by atoms with Crippen LogP contribution in [0.3, 0.4) is 0 Å². The Bertz CT molecular complexity index is 517. The van der Waals surface area contributed by atoms with Crippen LogP contribution in [0.2, 0.25) is 0 Å². The van der Waals surface area contributed by atoms with Gasteiger partial charge in [-0.05, 0) is 19.9 Å². The zero-order chi connectivity index (χ0) is 13.8. The average molecular weight is 248 g/mol. The Labute approximate surface area is 104 Å². The molecule has 0 bridgehead atoms. The van der Waals surface area contributed by atoms with Crippen LogP contribution in [0.5, 0.6) is 0 Å². The van der Waals surface area contributed by atoms with E-state index in [-0.39, 0.29) is 11.4 Å². The molecule has 6 heteroatoms. The van der Waals surface area contributed by atoms with Crippen molar-refractivity contribution in [1.82, 2.24) is 0 Å². The van der Waals surface area contributed by atoms with Gasteiger partial charge < -0.3 is 4.74 Å². The smallest absolute Gasteiger partial charge is 0.413 e. The summed E-state index contributed by atoms with van der Waals surface area (Å²) in [7, 11) is 0. The number of carbonyl (C=O) groups is 1. The second-order valence-corrected chi connectivity index (χ2v) is 3.94. The van der Waals surface area contributed by atoms with Crippen LogP contribution in [0.1, 0.15) is 13.8 Å². The second kappa shape index (κ2) is 5.19. The molecule has 0 saturated heterocycles. The third kappa shape index (κ3) is 3.49. The topological polar surface area (TPSA) is 81.5 Å². The van der Waals surface area contributed by atoms with E-state index < -0.39 is 16.6 Å². The second-order valence-electron chi connectivity index (χ2n) is 3.94. The van der Waals surface area contributed by atoms with Gasteiger partial charge in [-0.25, -0.2) is 4.79 Å². The van der Waals surface area contributed by atoms with Crippen LogP contribution in [-0.2, 0) is 4.74 Å². The maximum absolute atomic E-state index is 11.5. The van der Waals surface area contributed by atoms with E-state index in [2.05, 4.69) is 11.2 Å². The summed E-state index contributed by atoms with van der Waals surface area (Å²) in [6, 6.07) is 5.75. The third-order valence-corrected chi connectivity index (χ3v) is 2.03. The Morgan fingerprint density at radius 3 is 2.67 bits per heavy atom. The fourth-order valence-electron chi connectivity index (χ4n) is 1.14. The van der Waals surface area contributed by atoms with Gasteiger partial charge in [-0.1, -0.05) is 18.1 Å². The molecule has 0 atom stereocenters. The highest BCUT2D eigenvalue weighted by Gasteiger charge is 2.21. The molecule has 1 rings (SSSR count). The van der Waals surface area contributed by atoms with Gasteiger partial charge in [0.15, 0.2) is 5.60 Å². The van der Waals surface area contributed by atoms with E-state index in [1.54, 1.807) is 6.07 Å². The first-order chi connectivity index (χ1) is 8.35. The van der Waals surface area contributed by atoms with E-state index in [4.69, 9.17) is 11.2 Å². The number of nitrogens with one attached hydrogen (secondary N) is 1. The number of nitrogens with zero attached hydrogens (tertiary/aromatic N) is 1. The molecule has 0 fully saturated rings. The number of para-hydroxylation sites is 2. The summed E-state index contributed by atoms with van der Waals surface area (Å²) in [6.45, 7) is 3.07. The van der Waals surface area contributed by atoms with E-state index in [1.807, 2.05) is 0 Å². The molecule has 94 valence electrons. The zero-order valence-corrected chi connectivity index (χ0v) is 9.97. The van der Waals surface area contributed by atoms with Gasteiger partial charge in [-0.3, -0.25) is 15.4 Å². The number of hydrogen-bond acceptors (Lipinski definition) is 4. The number of nitro groups is 1. The number of rotatable bonds is 3. The first kappa shape index (κ1) is 13.5. The van der Waals surface area contributed by atoms with Crippen LogP contribution in [0, 0.1) is 22.5 Å². The Morgan fingerprint density at radius 2 is 2.11 bits per heavy atom. The fraction of sp³-hybridized carbons (Fsp3) is 0.250. The van der Waals surface area contributed by atoms with E-state index in [1.165, 1.54) is 32.0 Å². The summed E-state index contributed by atoms with van der Waals surface area (Å²) in [4.78, 5) is 21.6. The van der Waals surface area contributed by atoms with Gasteiger partial charge in [0.25, 0.3) is 5.69 Å². The van der Waals surface area contributed by atoms with Crippen molar-refractivity contribution in [1.29, 1.82) is 0 Å². The lowest BCUT2D eigenvalue weighted by atomic mass is 10.1. The van der Waals surface area contributed by atoms with Gasteiger partial charge in [-0.2, -0.15) is 0 Å². The van der Waals surface area contributed by atoms with Crippen molar-refractivity contribution in [2.24, 2.45) is 0 Å². The largest absolute Gasteiger partial charge is 0.430 e. The normalized spacial score (nSPS) is 10.3. The van der Waals surface area contributed by atoms with Crippen molar-refractivity contribution in [3.63, 3.8) is 0 Å². The molecule has 0 unspecified atom stereocenters. The summed E-state index contributed by atoms with van der Waals surface area (Å²) >= 11 is 0. The molecule has 0 radical (unpaired) electrons. The van der Waals surface area contributed by atoms with Crippen molar-refractivity contribution in [3.8, 4) is 12.3 Å². The number of anilines is 1. The van der Waals surface area contributed by atoms with E-state index >= 15 is 0 Å². The number of carbonyl (C=O) groups excluding carboxylic acids is 1. The summed E-state index contributed by atoms with van der Waals surface area (Å²) < 4.78 is 4.92. The number of terminal acetylenes is 1. The van der Waals surface area contributed by atoms with E-state index in [0.717, 1.165) is 0 Å². The maximum Gasteiger partial charge on any atom is 0.413 e. The molecular weight excluding hydrogens is 236 g/mol. The monoisotopic (exact) mass is 248 g/mol. The van der Waals surface area contributed by atoms with Crippen molar-refractivity contribution in [3.05, 3.63) is 34.4 Å². The Morgan fingerprint density at radius 1 is 1.50 bits per heavy atom. The molecule has 6 nitrogen and oxygen atoms in total. The van der Waals surface area contributed by atoms with Crippen LogP contribution in [0.15, 0.2) is 24.3 Å². The standard InChI is InChI=1S/C12H12N2O4/c1-4-12(2,3)18-11(15)13-9-7-5-6-8-10(9)14(16)17/h1,5-8H,2-3H3,(H,13,15). The van der Waals surface area contributed by atoms with E-state index in [0.29, 0.717) is 0 Å². The van der Waals surface area contributed by atoms with Gasteiger partial charge in [-0.15, -0.1) is 6.42 Å². The molecule has 0 aromatic heterocycles. The molecule has 0 aliphatic carbocycles. The van der Waals surface area contributed by atoms with Crippen LogP contribution in [0.4, 0.5) is 16.2 Å². The van der Waals surface area contributed by atoms with Gasteiger partial charge in [0.2, 0.25) is 0 Å². The molecule has 1 N–H and O–H groups in total. The number of benzene rings is 1. The molecule has 0 saturated carbocycles. The average Bonchev–Trinajstić information content (AvgIpc) is 2.28. The van der Waals surface area contributed by atoms with Gasteiger partial charge in [0.1, 0.15) is 5.69 Å². The molecule has 0 aliphatic heterocycles. The van der Waals surface area contributed by atoms with Crippen molar-refractivity contribution in [2.75, 3.05) is 5.32 Å². The molecule has 1 aromatic carbocycles. The minimum absolute atomic E-state index is 0.0559. The summed E-state index contributed by atoms with van der Waals surface area (Å²) in [5.74, 6) is 2.28. The summed E-state index contributed by atoms with van der Waals surface area (Å²) in [5, 5.41) is 13.0. The van der Waals surface area contributed by atoms with Gasteiger partial charge in [0.05, 0.1) is 4.92 Å². The minimum atomic E-state index is -1.08. The van der Waals surface area contributed by atoms with Gasteiger partial charge >= 0.3 is 6.09 Å². The Kier molecular flexibility index (Phi) is 3.89. The van der Waals surface area contributed by atoms with Gasteiger partial charge in [0, 0.05) is 6.07 Å². The molecule has 0 heterocycles. The zero-order valence-electron chi connectivity index (χ0n) is 9.97. The predicted molar refractivity (Wildman–Crippen MR) is 66.1 cm³/mol. The summed E-state index contributed by atoms with van der Waals surface area (Å²) in [5.41, 5.74) is -1.23. The quantitative estimate of drug-likeness (QED) is 0.506. The highest BCUT2D eigenvalue weighted by atomic mass is 16.6. The van der Waals surface area contributed by atoms with Crippen molar-refractivity contribution >= 4 is 17.5 Å². The van der Waals surface area contributed by atoms with Crippen molar-refractivity contribution < 1.29 is 14.5 Å². The molecule has 0 aliphatic rings. The number of nitro benzene ring substituents is 1. The third-order valence-electron chi connectivity index (χ3n) is 2.03. The van der Waals surface area contributed by atoms with Crippen LogP contribution in [0.25, 0.3) is 0 Å². The lowest BCUT2D eigenvalue weighted by Crippen LogP contribution is -2.29. The molecule has 0 spiro atoms. The molecule has 1 amide bonds. The predicted octanol–water partition coefficient (Wildman–Crippen LogP) is 2.56. The van der Waals surface area contributed by atoms with Crippen molar-refractivity contribution in [2.45, 2.75) is 19.4 Å². The lowest BCUT2D eigenvalue weighted by molar-refractivity contribution is -0.383. The highest BCUT2D eigenvalue weighted by Crippen LogP contribution is 2.23. The summed E-state index contributed by atoms with van der Waals surface area (Å²) in [6.07, 6.45) is 4.32. The maximum atomic E-state index is 11.5. The molecule has 18 heavy (non-hydrogen) atoms. The number of amides is 1. The number of hydrogen-bond donors (Lipinski definition) is 1. The molecule has 1 aromatic rings. The first-order valence-corrected chi connectivity index (χ1v) is 5.07. The number of ether oxygens (including phenoxy) is 1. The Hall–Kier alpha value is -2.55. The lowest BCUT2D eigenvalue weighted by Gasteiger charge is -2.18. The first-order valence-electron chi connectivity index (χ1n) is 5.07. The van der Waals surface area contributed by atoms with Crippen LogP contribution in [-0.4, -0.2) is 16.6 Å². The Balaban J connectivity index is 2.84.